The predicted octanol–water partition coefficient (Wildman–Crippen LogP) is 3.35. The number of aromatic nitrogens is 2. The number of anilines is 1. The molecule has 1 aromatic rings. The van der Waals surface area contributed by atoms with E-state index >= 15 is 0 Å². The van der Waals surface area contributed by atoms with Crippen LogP contribution in [0.5, 0.6) is 0 Å². The second kappa shape index (κ2) is 6.49. The van der Waals surface area contributed by atoms with Gasteiger partial charge in [-0.3, -0.25) is 10.1 Å². The van der Waals surface area contributed by atoms with Crippen LogP contribution in [-0.4, -0.2) is 16.1 Å². The van der Waals surface area contributed by atoms with Crippen LogP contribution in [-0.2, 0) is 4.79 Å². The van der Waals surface area contributed by atoms with E-state index in [2.05, 4.69) is 29.4 Å². The molecule has 0 radical (unpaired) electrons. The Morgan fingerprint density at radius 1 is 1.35 bits per heavy atom. The number of carbonyl (C=O) groups excluding carboxylic acids is 1. The molecule has 0 aliphatic carbocycles. The third-order valence-electron chi connectivity index (χ3n) is 2.43. The fourth-order valence-corrected chi connectivity index (χ4v) is 2.50. The lowest BCUT2D eigenvalue weighted by molar-refractivity contribution is -0.111. The fraction of sp³-hybridized carbons (Fsp3) is 0.583. The molecule has 1 amide bonds. The highest BCUT2D eigenvalue weighted by molar-refractivity contribution is 7.15. The summed E-state index contributed by atoms with van der Waals surface area (Å²) < 4.78 is 0. The van der Waals surface area contributed by atoms with Crippen LogP contribution in [0.25, 0.3) is 0 Å². The van der Waals surface area contributed by atoms with E-state index in [1.807, 2.05) is 13.8 Å². The maximum atomic E-state index is 11.5. The Morgan fingerprint density at radius 2 is 2.00 bits per heavy atom. The summed E-state index contributed by atoms with van der Waals surface area (Å²) in [7, 11) is 0. The van der Waals surface area contributed by atoms with Crippen molar-refractivity contribution in [1.82, 2.24) is 10.2 Å². The van der Waals surface area contributed by atoms with Gasteiger partial charge in [0.15, 0.2) is 0 Å². The first-order valence-electron chi connectivity index (χ1n) is 5.86. The number of nitrogens with zero attached hydrogens (tertiary/aromatic N) is 2. The molecule has 94 valence electrons. The van der Waals surface area contributed by atoms with E-state index in [0.717, 1.165) is 23.4 Å². The van der Waals surface area contributed by atoms with Crippen LogP contribution < -0.4 is 5.32 Å². The third-order valence-corrected chi connectivity index (χ3v) is 3.43. The summed E-state index contributed by atoms with van der Waals surface area (Å²) in [6, 6.07) is 0. The van der Waals surface area contributed by atoms with Crippen LogP contribution >= 0.6 is 11.3 Å². The molecule has 0 aromatic carbocycles. The van der Waals surface area contributed by atoms with Gasteiger partial charge in [0, 0.05) is 12.0 Å². The molecule has 0 aliphatic heterocycles. The summed E-state index contributed by atoms with van der Waals surface area (Å²) in [5, 5.41) is 12.4. The van der Waals surface area contributed by atoms with Crippen LogP contribution in [0.4, 0.5) is 5.13 Å². The van der Waals surface area contributed by atoms with E-state index in [0.29, 0.717) is 11.0 Å². The molecule has 0 aliphatic rings. The molecule has 1 aromatic heterocycles. The molecule has 0 atom stereocenters. The topological polar surface area (TPSA) is 54.9 Å². The van der Waals surface area contributed by atoms with Crippen LogP contribution in [0.3, 0.4) is 0 Å². The van der Waals surface area contributed by atoms with E-state index in [1.54, 1.807) is 6.08 Å². The number of allylic oxidation sites excluding steroid dienone is 1. The monoisotopic (exact) mass is 253 g/mol. The van der Waals surface area contributed by atoms with Gasteiger partial charge in [-0.05, 0) is 26.7 Å². The number of hydrogen-bond donors (Lipinski definition) is 1. The fourth-order valence-electron chi connectivity index (χ4n) is 1.49. The van der Waals surface area contributed by atoms with Gasteiger partial charge in [-0.1, -0.05) is 30.8 Å². The van der Waals surface area contributed by atoms with Crippen molar-refractivity contribution >= 4 is 22.4 Å². The molecular formula is C12H19N3OS. The van der Waals surface area contributed by atoms with Crippen LogP contribution in [0.1, 0.15) is 51.5 Å². The molecule has 1 rings (SSSR count). The maximum absolute atomic E-state index is 11.5. The molecule has 0 bridgehead atoms. The molecule has 0 fully saturated rings. The zero-order valence-electron chi connectivity index (χ0n) is 10.8. The summed E-state index contributed by atoms with van der Waals surface area (Å²) in [5.41, 5.74) is 0.965. The van der Waals surface area contributed by atoms with Crippen molar-refractivity contribution < 1.29 is 4.79 Å². The number of rotatable bonds is 5. The van der Waals surface area contributed by atoms with Gasteiger partial charge in [0.05, 0.1) is 0 Å². The summed E-state index contributed by atoms with van der Waals surface area (Å²) in [6.07, 6.45) is 3.65. The zero-order valence-corrected chi connectivity index (χ0v) is 11.6. The van der Waals surface area contributed by atoms with Gasteiger partial charge in [-0.15, -0.1) is 10.2 Å². The SMILES string of the molecule is CCC(CC)c1nnc(NC(=O)C=C(C)C)s1. The minimum absolute atomic E-state index is 0.141. The van der Waals surface area contributed by atoms with Gasteiger partial charge in [-0.2, -0.15) is 0 Å². The summed E-state index contributed by atoms with van der Waals surface area (Å²) in [6.45, 7) is 8.04. The highest BCUT2D eigenvalue weighted by Crippen LogP contribution is 2.27. The van der Waals surface area contributed by atoms with Crippen molar-refractivity contribution in [2.75, 3.05) is 5.32 Å². The average molecular weight is 253 g/mol. The molecule has 17 heavy (non-hydrogen) atoms. The highest BCUT2D eigenvalue weighted by atomic mass is 32.1. The standard InChI is InChI=1S/C12H19N3OS/c1-5-9(6-2)11-14-15-12(17-11)13-10(16)7-8(3)4/h7,9H,5-6H2,1-4H3,(H,13,15,16). The number of hydrogen-bond acceptors (Lipinski definition) is 4. The van der Waals surface area contributed by atoms with Crippen LogP contribution in [0, 0.1) is 0 Å². The van der Waals surface area contributed by atoms with Gasteiger partial charge >= 0.3 is 0 Å². The number of nitrogens with one attached hydrogen (secondary N) is 1. The Labute approximate surface area is 106 Å². The predicted molar refractivity (Wildman–Crippen MR) is 71.3 cm³/mol. The van der Waals surface area contributed by atoms with E-state index in [4.69, 9.17) is 0 Å². The lowest BCUT2D eigenvalue weighted by Gasteiger charge is -2.05. The number of amides is 1. The van der Waals surface area contributed by atoms with Gasteiger partial charge < -0.3 is 0 Å². The van der Waals surface area contributed by atoms with Gasteiger partial charge in [-0.25, -0.2) is 0 Å². The second-order valence-corrected chi connectivity index (χ2v) is 5.18. The van der Waals surface area contributed by atoms with Crippen molar-refractivity contribution in [2.24, 2.45) is 0 Å². The van der Waals surface area contributed by atoms with Crippen molar-refractivity contribution in [3.63, 3.8) is 0 Å². The van der Waals surface area contributed by atoms with E-state index in [9.17, 15) is 4.79 Å². The Morgan fingerprint density at radius 3 is 2.53 bits per heavy atom. The first-order chi connectivity index (χ1) is 8.06. The smallest absolute Gasteiger partial charge is 0.250 e. The molecule has 0 unspecified atom stereocenters. The zero-order chi connectivity index (χ0) is 12.8. The molecule has 5 heteroatoms. The molecule has 0 spiro atoms. The van der Waals surface area contributed by atoms with E-state index < -0.39 is 0 Å². The van der Waals surface area contributed by atoms with Crippen molar-refractivity contribution in [2.45, 2.75) is 46.5 Å². The van der Waals surface area contributed by atoms with Crippen molar-refractivity contribution in [3.05, 3.63) is 16.7 Å². The molecule has 0 saturated carbocycles. The summed E-state index contributed by atoms with van der Waals surface area (Å²) in [4.78, 5) is 11.5. The Bertz CT molecular complexity index is 404. The second-order valence-electron chi connectivity index (χ2n) is 4.17. The Hall–Kier alpha value is -1.23. The quantitative estimate of drug-likeness (QED) is 0.819. The average Bonchev–Trinajstić information content (AvgIpc) is 2.67. The molecule has 0 saturated heterocycles. The lowest BCUT2D eigenvalue weighted by Crippen LogP contribution is -2.07. The van der Waals surface area contributed by atoms with Gasteiger partial charge in [0.2, 0.25) is 11.0 Å². The molecule has 4 nitrogen and oxygen atoms in total. The largest absolute Gasteiger partial charge is 0.297 e. The minimum Gasteiger partial charge on any atom is -0.297 e. The lowest BCUT2D eigenvalue weighted by atomic mass is 10.1. The summed E-state index contributed by atoms with van der Waals surface area (Å²) in [5.74, 6) is 0.304. The van der Waals surface area contributed by atoms with Crippen molar-refractivity contribution in [3.8, 4) is 0 Å². The molecular weight excluding hydrogens is 234 g/mol. The Balaban J connectivity index is 2.69. The first-order valence-corrected chi connectivity index (χ1v) is 6.67. The minimum atomic E-state index is -0.141. The molecule has 1 N–H and O–H groups in total. The van der Waals surface area contributed by atoms with Crippen molar-refractivity contribution in [1.29, 1.82) is 0 Å². The van der Waals surface area contributed by atoms with E-state index in [-0.39, 0.29) is 5.91 Å². The summed E-state index contributed by atoms with van der Waals surface area (Å²) >= 11 is 1.46. The maximum Gasteiger partial charge on any atom is 0.250 e. The van der Waals surface area contributed by atoms with Gasteiger partial charge in [0.1, 0.15) is 5.01 Å². The highest BCUT2D eigenvalue weighted by Gasteiger charge is 2.13. The third kappa shape index (κ3) is 4.26. The normalized spacial score (nSPS) is 10.4. The van der Waals surface area contributed by atoms with Crippen LogP contribution in [0.2, 0.25) is 0 Å². The van der Waals surface area contributed by atoms with Crippen LogP contribution in [0.15, 0.2) is 11.6 Å². The first kappa shape index (κ1) is 13.8. The number of carbonyl (C=O) groups is 1. The van der Waals surface area contributed by atoms with E-state index in [1.165, 1.54) is 11.3 Å². The Kier molecular flexibility index (Phi) is 5.28. The molecule has 1 heterocycles. The van der Waals surface area contributed by atoms with Gasteiger partial charge in [0.25, 0.3) is 0 Å².